The molecule has 0 saturated heterocycles. The van der Waals surface area contributed by atoms with Crippen LogP contribution in [-0.4, -0.2) is 9.97 Å². The van der Waals surface area contributed by atoms with Gasteiger partial charge in [-0.1, -0.05) is 6.07 Å². The Morgan fingerprint density at radius 1 is 1.44 bits per heavy atom. The highest BCUT2D eigenvalue weighted by atomic mass is 35.5. The SMILES string of the molecule is Cc1ccc(C#N)cc1Nc1nc(Cl)ncc1F. The average Bonchev–Trinajstić information content (AvgIpc) is 2.36. The molecule has 18 heavy (non-hydrogen) atoms. The highest BCUT2D eigenvalue weighted by molar-refractivity contribution is 6.28. The van der Waals surface area contributed by atoms with Crippen LogP contribution in [0.1, 0.15) is 11.1 Å². The van der Waals surface area contributed by atoms with Crippen LogP contribution in [-0.2, 0) is 0 Å². The molecule has 0 aliphatic heterocycles. The van der Waals surface area contributed by atoms with Gasteiger partial charge in [-0.05, 0) is 36.2 Å². The largest absolute Gasteiger partial charge is 0.337 e. The number of nitriles is 1. The lowest BCUT2D eigenvalue weighted by atomic mass is 10.1. The van der Waals surface area contributed by atoms with Crippen molar-refractivity contribution in [2.24, 2.45) is 0 Å². The van der Waals surface area contributed by atoms with Crippen LogP contribution < -0.4 is 5.32 Å². The highest BCUT2D eigenvalue weighted by Gasteiger charge is 2.08. The molecular formula is C12H8ClFN4. The fourth-order valence-corrected chi connectivity index (χ4v) is 1.52. The van der Waals surface area contributed by atoms with Crippen LogP contribution in [0.3, 0.4) is 0 Å². The summed E-state index contributed by atoms with van der Waals surface area (Å²) in [6.45, 7) is 1.84. The molecule has 1 aromatic heterocycles. The van der Waals surface area contributed by atoms with Crippen molar-refractivity contribution in [1.82, 2.24) is 9.97 Å². The van der Waals surface area contributed by atoms with Crippen molar-refractivity contribution in [2.75, 3.05) is 5.32 Å². The summed E-state index contributed by atoms with van der Waals surface area (Å²) in [4.78, 5) is 7.27. The molecule has 2 rings (SSSR count). The van der Waals surface area contributed by atoms with Crippen molar-refractivity contribution in [3.8, 4) is 6.07 Å². The lowest BCUT2D eigenvalue weighted by Crippen LogP contribution is -2.00. The second-order valence-electron chi connectivity index (χ2n) is 3.60. The van der Waals surface area contributed by atoms with E-state index in [1.54, 1.807) is 18.2 Å². The first-order valence-electron chi connectivity index (χ1n) is 5.06. The molecule has 0 amide bonds. The molecule has 1 aromatic carbocycles. The minimum atomic E-state index is -0.610. The molecule has 0 bridgehead atoms. The normalized spacial score (nSPS) is 9.89. The summed E-state index contributed by atoms with van der Waals surface area (Å²) < 4.78 is 13.5. The van der Waals surface area contributed by atoms with Gasteiger partial charge in [-0.3, -0.25) is 0 Å². The lowest BCUT2D eigenvalue weighted by Gasteiger charge is -2.09. The predicted molar refractivity (Wildman–Crippen MR) is 66.2 cm³/mol. The van der Waals surface area contributed by atoms with Crippen molar-refractivity contribution in [1.29, 1.82) is 5.26 Å². The van der Waals surface area contributed by atoms with E-state index in [1.807, 2.05) is 13.0 Å². The van der Waals surface area contributed by atoms with Crippen molar-refractivity contribution in [2.45, 2.75) is 6.92 Å². The third kappa shape index (κ3) is 2.55. The van der Waals surface area contributed by atoms with Gasteiger partial charge in [-0.25, -0.2) is 9.37 Å². The number of nitrogens with zero attached hydrogens (tertiary/aromatic N) is 3. The van der Waals surface area contributed by atoms with Gasteiger partial charge in [0.25, 0.3) is 0 Å². The van der Waals surface area contributed by atoms with Crippen molar-refractivity contribution in [3.05, 3.63) is 46.6 Å². The predicted octanol–water partition coefficient (Wildman–Crippen LogP) is 3.19. The van der Waals surface area contributed by atoms with Crippen LogP contribution in [0.2, 0.25) is 5.28 Å². The molecule has 1 N–H and O–H groups in total. The Hall–Kier alpha value is -2.19. The number of aryl methyl sites for hydroxylation is 1. The van der Waals surface area contributed by atoms with Crippen LogP contribution in [0, 0.1) is 24.1 Å². The van der Waals surface area contributed by atoms with E-state index < -0.39 is 5.82 Å². The van der Waals surface area contributed by atoms with Crippen LogP contribution in [0.25, 0.3) is 0 Å². The van der Waals surface area contributed by atoms with E-state index in [1.165, 1.54) is 0 Å². The monoisotopic (exact) mass is 262 g/mol. The molecule has 0 spiro atoms. The third-order valence-electron chi connectivity index (χ3n) is 2.33. The standard InChI is InChI=1S/C12H8ClFN4/c1-7-2-3-8(5-15)4-10(7)17-11-9(14)6-16-12(13)18-11/h2-4,6H,1H3,(H,16,17,18). The van der Waals surface area contributed by atoms with Crippen molar-refractivity contribution < 1.29 is 4.39 Å². The molecule has 90 valence electrons. The smallest absolute Gasteiger partial charge is 0.224 e. The summed E-state index contributed by atoms with van der Waals surface area (Å²) >= 11 is 5.60. The van der Waals surface area contributed by atoms with E-state index in [9.17, 15) is 4.39 Å². The molecular weight excluding hydrogens is 255 g/mol. The first-order valence-corrected chi connectivity index (χ1v) is 5.44. The Morgan fingerprint density at radius 2 is 2.22 bits per heavy atom. The maximum Gasteiger partial charge on any atom is 0.224 e. The molecule has 1 heterocycles. The Morgan fingerprint density at radius 3 is 2.94 bits per heavy atom. The van der Waals surface area contributed by atoms with Gasteiger partial charge in [0.2, 0.25) is 5.28 Å². The van der Waals surface area contributed by atoms with Gasteiger partial charge in [-0.15, -0.1) is 0 Å². The van der Waals surface area contributed by atoms with Crippen LogP contribution >= 0.6 is 11.6 Å². The maximum absolute atomic E-state index is 13.5. The van der Waals surface area contributed by atoms with E-state index in [-0.39, 0.29) is 11.1 Å². The van der Waals surface area contributed by atoms with E-state index in [0.29, 0.717) is 11.3 Å². The summed E-state index contributed by atoms with van der Waals surface area (Å²) in [5.74, 6) is -0.630. The number of benzene rings is 1. The summed E-state index contributed by atoms with van der Waals surface area (Å²) in [7, 11) is 0. The van der Waals surface area contributed by atoms with Crippen LogP contribution in [0.15, 0.2) is 24.4 Å². The zero-order valence-corrected chi connectivity index (χ0v) is 10.2. The molecule has 2 aromatic rings. The molecule has 0 atom stereocenters. The number of anilines is 2. The average molecular weight is 263 g/mol. The minimum absolute atomic E-state index is 0.0202. The first kappa shape index (κ1) is 12.3. The Balaban J connectivity index is 2.39. The molecule has 0 saturated carbocycles. The topological polar surface area (TPSA) is 61.6 Å². The molecule has 0 radical (unpaired) electrons. The Bertz CT molecular complexity index is 636. The van der Waals surface area contributed by atoms with Gasteiger partial charge in [0.05, 0.1) is 17.8 Å². The number of aromatic nitrogens is 2. The lowest BCUT2D eigenvalue weighted by molar-refractivity contribution is 0.619. The third-order valence-corrected chi connectivity index (χ3v) is 2.52. The molecule has 0 aliphatic rings. The number of hydrogen-bond acceptors (Lipinski definition) is 4. The van der Waals surface area contributed by atoms with Crippen LogP contribution in [0.5, 0.6) is 0 Å². The van der Waals surface area contributed by atoms with Crippen molar-refractivity contribution in [3.63, 3.8) is 0 Å². The number of rotatable bonds is 2. The molecule has 0 aliphatic carbocycles. The van der Waals surface area contributed by atoms with Gasteiger partial charge in [0.15, 0.2) is 11.6 Å². The first-order chi connectivity index (χ1) is 8.60. The van der Waals surface area contributed by atoms with Gasteiger partial charge in [-0.2, -0.15) is 10.2 Å². The molecule has 0 fully saturated rings. The minimum Gasteiger partial charge on any atom is -0.337 e. The highest BCUT2D eigenvalue weighted by Crippen LogP contribution is 2.22. The van der Waals surface area contributed by atoms with Crippen molar-refractivity contribution >= 4 is 23.1 Å². The van der Waals surface area contributed by atoms with Gasteiger partial charge in [0.1, 0.15) is 0 Å². The molecule has 6 heteroatoms. The summed E-state index contributed by atoms with van der Waals surface area (Å²) in [5, 5.41) is 11.6. The summed E-state index contributed by atoms with van der Waals surface area (Å²) in [5.41, 5.74) is 1.94. The quantitative estimate of drug-likeness (QED) is 0.845. The number of hydrogen-bond donors (Lipinski definition) is 1. The number of halogens is 2. The van der Waals surface area contributed by atoms with Gasteiger partial charge < -0.3 is 5.32 Å². The van der Waals surface area contributed by atoms with Gasteiger partial charge >= 0.3 is 0 Å². The maximum atomic E-state index is 13.5. The van der Waals surface area contributed by atoms with E-state index in [2.05, 4.69) is 15.3 Å². The van der Waals surface area contributed by atoms with E-state index >= 15 is 0 Å². The van der Waals surface area contributed by atoms with E-state index in [0.717, 1.165) is 11.8 Å². The Kier molecular flexibility index (Phi) is 3.40. The molecule has 4 nitrogen and oxygen atoms in total. The summed E-state index contributed by atoms with van der Waals surface area (Å²) in [6.07, 6.45) is 0.987. The zero-order valence-electron chi connectivity index (χ0n) is 9.41. The van der Waals surface area contributed by atoms with Gasteiger partial charge in [0, 0.05) is 5.69 Å². The van der Waals surface area contributed by atoms with Crippen LogP contribution in [0.4, 0.5) is 15.9 Å². The molecule has 0 unspecified atom stereocenters. The second-order valence-corrected chi connectivity index (χ2v) is 3.94. The fraction of sp³-hybridized carbons (Fsp3) is 0.0833. The fourth-order valence-electron chi connectivity index (χ4n) is 1.39. The second kappa shape index (κ2) is 4.98. The Labute approximate surface area is 108 Å². The zero-order chi connectivity index (χ0) is 13.1. The summed E-state index contributed by atoms with van der Waals surface area (Å²) in [6, 6.07) is 7.08. The number of nitrogens with one attached hydrogen (secondary N) is 1. The van der Waals surface area contributed by atoms with E-state index in [4.69, 9.17) is 16.9 Å².